The molecule has 0 fully saturated rings. The van der Waals surface area contributed by atoms with Crippen molar-refractivity contribution in [1.82, 2.24) is 9.38 Å². The maximum atomic E-state index is 13.2. The van der Waals surface area contributed by atoms with E-state index in [-0.39, 0.29) is 15.5 Å². The summed E-state index contributed by atoms with van der Waals surface area (Å²) in [6.45, 7) is 3.58. The average molecular weight is 453 g/mol. The predicted octanol–water partition coefficient (Wildman–Crippen LogP) is 4.53. The number of carbonyl (C=O) groups excluding carboxylic acids is 2. The van der Waals surface area contributed by atoms with Gasteiger partial charge in [0.05, 0.1) is 0 Å². The Bertz CT molecular complexity index is 1380. The van der Waals surface area contributed by atoms with Crippen LogP contribution in [-0.2, 0) is 0 Å². The van der Waals surface area contributed by atoms with E-state index in [2.05, 4.69) is 15.6 Å². The number of fused-ring (bicyclic) bond motifs is 1. The number of aromatic nitrogens is 2. The Morgan fingerprint density at radius 1 is 0.968 bits per heavy atom. The highest BCUT2D eigenvalue weighted by Crippen LogP contribution is 2.24. The molecule has 4 rings (SSSR count). The third-order valence-corrected chi connectivity index (χ3v) is 5.74. The Labute approximate surface area is 186 Å². The van der Waals surface area contributed by atoms with Crippen LogP contribution in [0.25, 0.3) is 4.96 Å². The van der Waals surface area contributed by atoms with Gasteiger partial charge in [-0.3, -0.25) is 14.4 Å². The molecule has 2 N–H and O–H groups in total. The van der Waals surface area contributed by atoms with Crippen LogP contribution in [0.4, 0.5) is 11.4 Å². The van der Waals surface area contributed by atoms with Crippen molar-refractivity contribution in [3.05, 3.63) is 91.8 Å². The fraction of sp³-hybridized carbons (Fsp3) is 0.0909. The first-order chi connectivity index (χ1) is 14.8. The SMILES string of the molecule is Cc1cccc(NC(=O)c2c(C(=O)Nc3ccc(Cl)cc3)sc3nc(C)cc(=O)n23)c1. The van der Waals surface area contributed by atoms with Crippen LogP contribution >= 0.6 is 22.9 Å². The van der Waals surface area contributed by atoms with Crippen molar-refractivity contribution < 1.29 is 9.59 Å². The maximum absolute atomic E-state index is 13.2. The molecule has 9 heteroatoms. The van der Waals surface area contributed by atoms with Gasteiger partial charge in [0.1, 0.15) is 10.6 Å². The summed E-state index contributed by atoms with van der Waals surface area (Å²) >= 11 is 6.87. The number of benzene rings is 2. The average Bonchev–Trinajstić information content (AvgIpc) is 3.10. The molecule has 0 unspecified atom stereocenters. The lowest BCUT2D eigenvalue weighted by Gasteiger charge is -2.09. The normalized spacial score (nSPS) is 10.8. The molecule has 0 saturated heterocycles. The van der Waals surface area contributed by atoms with Crippen molar-refractivity contribution >= 4 is 51.1 Å². The van der Waals surface area contributed by atoms with E-state index in [0.29, 0.717) is 22.1 Å². The largest absolute Gasteiger partial charge is 0.321 e. The van der Waals surface area contributed by atoms with E-state index in [1.54, 1.807) is 43.3 Å². The Morgan fingerprint density at radius 3 is 2.39 bits per heavy atom. The van der Waals surface area contributed by atoms with Crippen LogP contribution in [0.15, 0.2) is 59.4 Å². The van der Waals surface area contributed by atoms with Crippen LogP contribution in [0.3, 0.4) is 0 Å². The van der Waals surface area contributed by atoms with Crippen molar-refractivity contribution in [2.24, 2.45) is 0 Å². The molecule has 156 valence electrons. The minimum atomic E-state index is -0.578. The Balaban J connectivity index is 1.79. The zero-order valence-electron chi connectivity index (χ0n) is 16.6. The number of nitrogens with zero attached hydrogens (tertiary/aromatic N) is 2. The Kier molecular flexibility index (Phi) is 5.58. The fourth-order valence-electron chi connectivity index (χ4n) is 3.08. The zero-order valence-corrected chi connectivity index (χ0v) is 18.2. The summed E-state index contributed by atoms with van der Waals surface area (Å²) in [7, 11) is 0. The summed E-state index contributed by atoms with van der Waals surface area (Å²) in [4.78, 5) is 43.5. The summed E-state index contributed by atoms with van der Waals surface area (Å²) in [5.74, 6) is -1.10. The van der Waals surface area contributed by atoms with Gasteiger partial charge in [0.2, 0.25) is 0 Å². The summed E-state index contributed by atoms with van der Waals surface area (Å²) in [5.41, 5.74) is 2.03. The van der Waals surface area contributed by atoms with Gasteiger partial charge in [0, 0.05) is 28.2 Å². The number of nitrogens with one attached hydrogen (secondary N) is 2. The molecule has 2 aromatic heterocycles. The fourth-order valence-corrected chi connectivity index (χ4v) is 4.27. The first-order valence-corrected chi connectivity index (χ1v) is 10.5. The van der Waals surface area contributed by atoms with Crippen molar-refractivity contribution in [1.29, 1.82) is 0 Å². The van der Waals surface area contributed by atoms with Crippen LogP contribution < -0.4 is 16.2 Å². The van der Waals surface area contributed by atoms with Crippen molar-refractivity contribution in [3.8, 4) is 0 Å². The van der Waals surface area contributed by atoms with Gasteiger partial charge in [0.15, 0.2) is 4.96 Å². The van der Waals surface area contributed by atoms with Crippen LogP contribution in [0.1, 0.15) is 31.4 Å². The summed E-state index contributed by atoms with van der Waals surface area (Å²) in [5, 5.41) is 6.04. The number of amides is 2. The van der Waals surface area contributed by atoms with E-state index in [1.165, 1.54) is 10.5 Å². The molecule has 0 spiro atoms. The minimum absolute atomic E-state index is 0.0644. The summed E-state index contributed by atoms with van der Waals surface area (Å²) in [6.07, 6.45) is 0. The number of anilines is 2. The van der Waals surface area contributed by atoms with Gasteiger partial charge < -0.3 is 10.6 Å². The monoisotopic (exact) mass is 452 g/mol. The molecular weight excluding hydrogens is 436 g/mol. The third kappa shape index (κ3) is 4.35. The van der Waals surface area contributed by atoms with E-state index >= 15 is 0 Å². The topological polar surface area (TPSA) is 92.6 Å². The molecule has 2 aromatic carbocycles. The maximum Gasteiger partial charge on any atom is 0.274 e. The highest BCUT2D eigenvalue weighted by atomic mass is 35.5. The highest BCUT2D eigenvalue weighted by molar-refractivity contribution is 7.19. The second-order valence-electron chi connectivity index (χ2n) is 6.92. The smallest absolute Gasteiger partial charge is 0.274 e. The molecule has 2 heterocycles. The van der Waals surface area contributed by atoms with E-state index in [1.807, 2.05) is 19.1 Å². The minimum Gasteiger partial charge on any atom is -0.321 e. The summed E-state index contributed by atoms with van der Waals surface area (Å²) < 4.78 is 1.17. The number of carbonyl (C=O) groups is 2. The Hall–Kier alpha value is -3.49. The molecule has 0 aliphatic heterocycles. The number of aryl methyl sites for hydroxylation is 2. The van der Waals surface area contributed by atoms with Crippen molar-refractivity contribution in [3.63, 3.8) is 0 Å². The van der Waals surface area contributed by atoms with Crippen LogP contribution in [0, 0.1) is 13.8 Å². The molecule has 0 bridgehead atoms. The lowest BCUT2D eigenvalue weighted by Crippen LogP contribution is -2.25. The lowest BCUT2D eigenvalue weighted by molar-refractivity contribution is 0.0989. The highest BCUT2D eigenvalue weighted by Gasteiger charge is 2.26. The van der Waals surface area contributed by atoms with E-state index in [4.69, 9.17) is 11.6 Å². The third-order valence-electron chi connectivity index (χ3n) is 4.45. The standard InChI is InChI=1S/C22H17ClN4O3S/c1-12-4-3-5-16(10-12)26-20(29)18-19(21(30)25-15-8-6-14(23)7-9-15)31-22-24-13(2)11-17(28)27(18)22/h3-11H,1-2H3,(H,25,30)(H,26,29). The van der Waals surface area contributed by atoms with E-state index in [9.17, 15) is 14.4 Å². The van der Waals surface area contributed by atoms with Gasteiger partial charge in [-0.25, -0.2) is 9.38 Å². The molecule has 0 aliphatic rings. The number of rotatable bonds is 4. The predicted molar refractivity (Wildman–Crippen MR) is 123 cm³/mol. The van der Waals surface area contributed by atoms with Gasteiger partial charge in [-0.15, -0.1) is 0 Å². The number of hydrogen-bond donors (Lipinski definition) is 2. The quantitative estimate of drug-likeness (QED) is 0.475. The van der Waals surface area contributed by atoms with E-state index < -0.39 is 17.4 Å². The Morgan fingerprint density at radius 2 is 1.68 bits per heavy atom. The molecule has 7 nitrogen and oxygen atoms in total. The molecule has 0 radical (unpaired) electrons. The van der Waals surface area contributed by atoms with Gasteiger partial charge >= 0.3 is 0 Å². The first-order valence-electron chi connectivity index (χ1n) is 9.30. The second-order valence-corrected chi connectivity index (χ2v) is 8.33. The van der Waals surface area contributed by atoms with Crippen molar-refractivity contribution in [2.75, 3.05) is 10.6 Å². The van der Waals surface area contributed by atoms with Gasteiger partial charge in [-0.05, 0) is 55.8 Å². The zero-order chi connectivity index (χ0) is 22.1. The van der Waals surface area contributed by atoms with Crippen LogP contribution in [-0.4, -0.2) is 21.2 Å². The molecular formula is C22H17ClN4O3S. The molecule has 0 atom stereocenters. The van der Waals surface area contributed by atoms with Crippen LogP contribution in [0.2, 0.25) is 5.02 Å². The number of halogens is 1. The van der Waals surface area contributed by atoms with Crippen LogP contribution in [0.5, 0.6) is 0 Å². The first kappa shape index (κ1) is 20.8. The summed E-state index contributed by atoms with van der Waals surface area (Å²) in [6, 6.07) is 15.1. The van der Waals surface area contributed by atoms with E-state index in [0.717, 1.165) is 16.9 Å². The second kappa shape index (κ2) is 8.33. The van der Waals surface area contributed by atoms with Gasteiger partial charge in [0.25, 0.3) is 17.4 Å². The molecule has 0 saturated carbocycles. The molecule has 31 heavy (non-hydrogen) atoms. The van der Waals surface area contributed by atoms with Gasteiger partial charge in [-0.1, -0.05) is 35.1 Å². The number of thiazole rings is 1. The number of hydrogen-bond acceptors (Lipinski definition) is 5. The molecule has 2 amide bonds. The van der Waals surface area contributed by atoms with Gasteiger partial charge in [-0.2, -0.15) is 0 Å². The van der Waals surface area contributed by atoms with Crippen molar-refractivity contribution in [2.45, 2.75) is 13.8 Å². The molecule has 0 aliphatic carbocycles. The lowest BCUT2D eigenvalue weighted by atomic mass is 10.2. The molecule has 4 aromatic rings.